The first kappa shape index (κ1) is 12.4. The number of rotatable bonds is 3. The molecule has 0 aliphatic heterocycles. The average molecular weight is 213 g/mol. The molecular weight excluding hydrogens is 194 g/mol. The van der Waals surface area contributed by atoms with Crippen LogP contribution in [0.4, 0.5) is 0 Å². The highest BCUT2D eigenvalue weighted by molar-refractivity contribution is 5.58. The fourth-order valence-electron chi connectivity index (χ4n) is 1.75. The van der Waals surface area contributed by atoms with E-state index in [9.17, 15) is 0 Å². The van der Waals surface area contributed by atoms with Gasteiger partial charge in [0, 0.05) is 6.21 Å². The van der Waals surface area contributed by atoms with E-state index in [1.165, 1.54) is 5.57 Å². The van der Waals surface area contributed by atoms with Crippen molar-refractivity contribution in [2.75, 3.05) is 0 Å². The van der Waals surface area contributed by atoms with Gasteiger partial charge in [0.2, 0.25) is 0 Å². The molecule has 1 aliphatic carbocycles. The van der Waals surface area contributed by atoms with E-state index in [1.54, 1.807) is 0 Å². The molecule has 1 rings (SSSR count). The van der Waals surface area contributed by atoms with Crippen molar-refractivity contribution in [2.45, 2.75) is 20.8 Å². The Morgan fingerprint density at radius 1 is 1.25 bits per heavy atom. The van der Waals surface area contributed by atoms with Crippen molar-refractivity contribution in [1.29, 1.82) is 0 Å². The summed E-state index contributed by atoms with van der Waals surface area (Å²) in [5.74, 6) is 0. The van der Waals surface area contributed by atoms with Crippen LogP contribution < -0.4 is 0 Å². The molecule has 0 saturated heterocycles. The second-order valence-electron chi connectivity index (χ2n) is 3.85. The third-order valence-corrected chi connectivity index (χ3v) is 2.80. The van der Waals surface area contributed by atoms with Crippen LogP contribution in [0.5, 0.6) is 0 Å². The first-order chi connectivity index (χ1) is 7.69. The van der Waals surface area contributed by atoms with Crippen LogP contribution in [0, 0.1) is 5.41 Å². The average Bonchev–Trinajstić information content (AvgIpc) is 2.43. The van der Waals surface area contributed by atoms with E-state index in [4.69, 9.17) is 0 Å². The fourth-order valence-corrected chi connectivity index (χ4v) is 1.75. The topological polar surface area (TPSA) is 12.4 Å². The summed E-state index contributed by atoms with van der Waals surface area (Å²) in [4.78, 5) is 4.44. The molecule has 0 spiro atoms. The molecule has 0 fully saturated rings. The van der Waals surface area contributed by atoms with Crippen LogP contribution >= 0.6 is 0 Å². The van der Waals surface area contributed by atoms with Gasteiger partial charge >= 0.3 is 0 Å². The molecular formula is C15H19N. The third kappa shape index (κ3) is 2.30. The van der Waals surface area contributed by atoms with Gasteiger partial charge < -0.3 is 0 Å². The van der Waals surface area contributed by atoms with Gasteiger partial charge in [0.15, 0.2) is 0 Å². The Morgan fingerprint density at radius 2 is 1.94 bits per heavy atom. The van der Waals surface area contributed by atoms with Crippen LogP contribution in [0.3, 0.4) is 0 Å². The number of nitrogens with zero attached hydrogens (tertiary/aromatic N) is 1. The second kappa shape index (κ2) is 5.45. The minimum absolute atomic E-state index is 0.220. The van der Waals surface area contributed by atoms with Gasteiger partial charge in [0.1, 0.15) is 0 Å². The standard InChI is InChI=1S/C15H19N/c1-5-10-13-11-8-9-12-14(16-7-3)15(13,4)6-2/h5-12H,2H2,1,3-4H3/b10-5+,16-7-. The third-order valence-electron chi connectivity index (χ3n) is 2.80. The zero-order valence-electron chi connectivity index (χ0n) is 10.3. The first-order valence-electron chi connectivity index (χ1n) is 5.53. The van der Waals surface area contributed by atoms with Crippen molar-refractivity contribution >= 4 is 6.21 Å². The minimum Gasteiger partial charge on any atom is -0.265 e. The molecule has 0 amide bonds. The summed E-state index contributed by atoms with van der Waals surface area (Å²) in [7, 11) is 0. The molecule has 0 saturated carbocycles. The van der Waals surface area contributed by atoms with E-state index in [-0.39, 0.29) is 5.41 Å². The van der Waals surface area contributed by atoms with E-state index >= 15 is 0 Å². The fraction of sp³-hybridized carbons (Fsp3) is 0.267. The van der Waals surface area contributed by atoms with Crippen molar-refractivity contribution in [3.05, 3.63) is 60.4 Å². The first-order valence-corrected chi connectivity index (χ1v) is 5.53. The lowest BCUT2D eigenvalue weighted by Gasteiger charge is -2.27. The Morgan fingerprint density at radius 3 is 2.50 bits per heavy atom. The lowest BCUT2D eigenvalue weighted by molar-refractivity contribution is 0.626. The van der Waals surface area contributed by atoms with Crippen LogP contribution in [0.15, 0.2) is 65.4 Å². The molecule has 1 atom stereocenters. The summed E-state index contributed by atoms with van der Waals surface area (Å²) in [5, 5.41) is 0. The molecule has 1 unspecified atom stereocenters. The predicted octanol–water partition coefficient (Wildman–Crippen LogP) is 4.23. The highest BCUT2D eigenvalue weighted by Crippen LogP contribution is 2.39. The Hall–Kier alpha value is -1.63. The number of hydrogen-bond acceptors (Lipinski definition) is 1. The molecule has 1 nitrogen and oxygen atoms in total. The molecule has 0 bridgehead atoms. The molecule has 0 radical (unpaired) electrons. The van der Waals surface area contributed by atoms with E-state index in [0.717, 1.165) is 5.70 Å². The van der Waals surface area contributed by atoms with E-state index in [2.05, 4.69) is 30.6 Å². The molecule has 16 heavy (non-hydrogen) atoms. The number of aliphatic imine (C=N–C) groups is 1. The van der Waals surface area contributed by atoms with Gasteiger partial charge in [0.05, 0.1) is 11.1 Å². The molecule has 0 N–H and O–H groups in total. The van der Waals surface area contributed by atoms with Crippen LogP contribution in [0.25, 0.3) is 0 Å². The summed E-state index contributed by atoms with van der Waals surface area (Å²) < 4.78 is 0. The molecule has 0 heterocycles. The van der Waals surface area contributed by atoms with Crippen LogP contribution in [-0.2, 0) is 0 Å². The van der Waals surface area contributed by atoms with E-state index in [0.29, 0.717) is 0 Å². The maximum atomic E-state index is 4.44. The highest BCUT2D eigenvalue weighted by Gasteiger charge is 2.28. The van der Waals surface area contributed by atoms with Gasteiger partial charge in [-0.1, -0.05) is 36.5 Å². The smallest absolute Gasteiger partial charge is 0.0540 e. The summed E-state index contributed by atoms with van der Waals surface area (Å²) in [6.45, 7) is 10.0. The molecule has 84 valence electrons. The lowest BCUT2D eigenvalue weighted by atomic mass is 9.79. The monoisotopic (exact) mass is 213 g/mol. The Kier molecular flexibility index (Phi) is 4.24. The molecule has 1 heteroatoms. The maximum Gasteiger partial charge on any atom is 0.0540 e. The van der Waals surface area contributed by atoms with E-state index in [1.807, 2.05) is 50.4 Å². The van der Waals surface area contributed by atoms with Crippen molar-refractivity contribution < 1.29 is 0 Å². The summed E-state index contributed by atoms with van der Waals surface area (Å²) in [6.07, 6.45) is 16.1. The number of allylic oxidation sites excluding steroid dienone is 7. The van der Waals surface area contributed by atoms with Crippen LogP contribution in [0.1, 0.15) is 20.8 Å². The molecule has 0 aromatic rings. The summed E-state index contributed by atoms with van der Waals surface area (Å²) in [5.41, 5.74) is 2.00. The quantitative estimate of drug-likeness (QED) is 0.491. The zero-order chi connectivity index (χ0) is 12.0. The predicted molar refractivity (Wildman–Crippen MR) is 72.6 cm³/mol. The van der Waals surface area contributed by atoms with Gasteiger partial charge in [-0.25, -0.2) is 0 Å². The van der Waals surface area contributed by atoms with Crippen molar-refractivity contribution in [3.63, 3.8) is 0 Å². The van der Waals surface area contributed by atoms with Crippen molar-refractivity contribution in [1.82, 2.24) is 0 Å². The van der Waals surface area contributed by atoms with Gasteiger partial charge in [-0.2, -0.15) is 0 Å². The van der Waals surface area contributed by atoms with Crippen molar-refractivity contribution in [3.8, 4) is 0 Å². The summed E-state index contributed by atoms with van der Waals surface area (Å²) >= 11 is 0. The second-order valence-corrected chi connectivity index (χ2v) is 3.85. The van der Waals surface area contributed by atoms with Crippen LogP contribution in [0.2, 0.25) is 0 Å². The lowest BCUT2D eigenvalue weighted by Crippen LogP contribution is -2.17. The Balaban J connectivity index is 3.32. The largest absolute Gasteiger partial charge is 0.265 e. The Labute approximate surface area is 98.3 Å². The SMILES string of the molecule is C=CC1(C)C(/C=C/C)=CC=CC=C1/N=C\C. The highest BCUT2D eigenvalue weighted by atomic mass is 14.8. The number of hydrogen-bond donors (Lipinski definition) is 0. The normalized spacial score (nSPS) is 25.7. The molecule has 0 aromatic heterocycles. The summed E-state index contributed by atoms with van der Waals surface area (Å²) in [6, 6.07) is 0. The van der Waals surface area contributed by atoms with Crippen molar-refractivity contribution in [2.24, 2.45) is 10.4 Å². The zero-order valence-corrected chi connectivity index (χ0v) is 10.3. The molecule has 0 aromatic carbocycles. The molecule has 1 aliphatic rings. The van der Waals surface area contributed by atoms with E-state index < -0.39 is 0 Å². The van der Waals surface area contributed by atoms with Crippen LogP contribution in [-0.4, -0.2) is 6.21 Å². The van der Waals surface area contributed by atoms with Gasteiger partial charge in [-0.3, -0.25) is 4.99 Å². The van der Waals surface area contributed by atoms with Gasteiger partial charge in [0.25, 0.3) is 0 Å². The van der Waals surface area contributed by atoms with Gasteiger partial charge in [-0.15, -0.1) is 6.58 Å². The maximum absolute atomic E-state index is 4.44. The van der Waals surface area contributed by atoms with Gasteiger partial charge in [-0.05, 0) is 32.4 Å². The Bertz CT molecular complexity index is 371. The minimum atomic E-state index is -0.220.